The van der Waals surface area contributed by atoms with E-state index in [1.807, 2.05) is 0 Å². The van der Waals surface area contributed by atoms with Gasteiger partial charge in [-0.15, -0.1) is 0 Å². The number of ether oxygens (including phenoxy) is 1. The van der Waals surface area contributed by atoms with Crippen LogP contribution in [0.5, 0.6) is 0 Å². The molecule has 2 rings (SSSR count). The van der Waals surface area contributed by atoms with Crippen molar-refractivity contribution >= 4 is 0 Å². The molecule has 0 aromatic heterocycles. The zero-order valence-electron chi connectivity index (χ0n) is 12.4. The summed E-state index contributed by atoms with van der Waals surface area (Å²) in [7, 11) is 0. The number of nitrogens with zero attached hydrogens (tertiary/aromatic N) is 1. The Labute approximate surface area is 112 Å². The van der Waals surface area contributed by atoms with Gasteiger partial charge in [-0.05, 0) is 30.7 Å². The Hall–Kier alpha value is -0.120. The maximum absolute atomic E-state index is 5.45. The van der Waals surface area contributed by atoms with Crippen molar-refractivity contribution in [2.75, 3.05) is 39.4 Å². The number of hydrogen-bond acceptors (Lipinski definition) is 3. The van der Waals surface area contributed by atoms with Gasteiger partial charge < -0.3 is 10.1 Å². The Morgan fingerprint density at radius 1 is 1.28 bits per heavy atom. The molecule has 0 amide bonds. The fourth-order valence-corrected chi connectivity index (χ4v) is 3.76. The lowest BCUT2D eigenvalue weighted by Crippen LogP contribution is -2.53. The Balaban J connectivity index is 1.95. The molecule has 0 spiro atoms. The highest BCUT2D eigenvalue weighted by Gasteiger charge is 2.38. The summed E-state index contributed by atoms with van der Waals surface area (Å²) in [5, 5.41) is 3.76. The molecule has 2 fully saturated rings. The van der Waals surface area contributed by atoms with E-state index in [2.05, 4.69) is 31.0 Å². The van der Waals surface area contributed by atoms with Gasteiger partial charge in [-0.3, -0.25) is 4.90 Å². The predicted molar refractivity (Wildman–Crippen MR) is 75.8 cm³/mol. The first-order chi connectivity index (χ1) is 8.63. The minimum absolute atomic E-state index is 0.450. The monoisotopic (exact) mass is 254 g/mol. The summed E-state index contributed by atoms with van der Waals surface area (Å²) in [4.78, 5) is 2.60. The quantitative estimate of drug-likeness (QED) is 0.832. The topological polar surface area (TPSA) is 24.5 Å². The number of hydrogen-bond donors (Lipinski definition) is 1. The van der Waals surface area contributed by atoms with E-state index >= 15 is 0 Å². The van der Waals surface area contributed by atoms with Crippen LogP contribution < -0.4 is 5.32 Å². The van der Waals surface area contributed by atoms with Gasteiger partial charge >= 0.3 is 0 Å². The summed E-state index contributed by atoms with van der Waals surface area (Å²) in [5.41, 5.74) is 0.450. The summed E-state index contributed by atoms with van der Waals surface area (Å²) in [6, 6.07) is 0.680. The van der Waals surface area contributed by atoms with Crippen molar-refractivity contribution in [3.05, 3.63) is 0 Å². The van der Waals surface area contributed by atoms with E-state index in [1.165, 1.54) is 25.8 Å². The maximum Gasteiger partial charge on any atom is 0.0594 e. The van der Waals surface area contributed by atoms with Crippen LogP contribution in [0.1, 0.15) is 40.0 Å². The fourth-order valence-electron chi connectivity index (χ4n) is 3.76. The molecule has 0 bridgehead atoms. The normalized spacial score (nSPS) is 33.5. The number of morpholine rings is 1. The van der Waals surface area contributed by atoms with Gasteiger partial charge in [0.25, 0.3) is 0 Å². The molecule has 2 aliphatic rings. The summed E-state index contributed by atoms with van der Waals surface area (Å²) < 4.78 is 5.45. The molecule has 0 radical (unpaired) electrons. The molecule has 1 saturated heterocycles. The Morgan fingerprint density at radius 3 is 2.67 bits per heavy atom. The minimum atomic E-state index is 0.450. The van der Waals surface area contributed by atoms with Crippen molar-refractivity contribution in [2.24, 2.45) is 11.3 Å². The zero-order chi connectivity index (χ0) is 13.0. The van der Waals surface area contributed by atoms with E-state index in [1.54, 1.807) is 0 Å². The van der Waals surface area contributed by atoms with Crippen LogP contribution in [0, 0.1) is 11.3 Å². The van der Waals surface area contributed by atoms with Gasteiger partial charge in [0.2, 0.25) is 0 Å². The van der Waals surface area contributed by atoms with Crippen molar-refractivity contribution < 1.29 is 4.74 Å². The first kappa shape index (κ1) is 14.3. The highest BCUT2D eigenvalue weighted by atomic mass is 16.5. The molecule has 1 heterocycles. The van der Waals surface area contributed by atoms with E-state index in [9.17, 15) is 0 Å². The van der Waals surface area contributed by atoms with Crippen molar-refractivity contribution in [2.45, 2.75) is 46.1 Å². The third-order valence-corrected chi connectivity index (χ3v) is 4.73. The molecular weight excluding hydrogens is 224 g/mol. The van der Waals surface area contributed by atoms with Crippen LogP contribution in [-0.2, 0) is 4.74 Å². The molecule has 0 aromatic carbocycles. The summed E-state index contributed by atoms with van der Waals surface area (Å²) in [6.07, 6.45) is 4.15. The van der Waals surface area contributed by atoms with Crippen LogP contribution in [0.4, 0.5) is 0 Å². The standard InChI is InChI=1S/C15H30N2O/c1-4-16-14-13(6-5-7-15(14,2)3)12-17-8-10-18-11-9-17/h13-14,16H,4-12H2,1-3H3. The van der Waals surface area contributed by atoms with E-state index < -0.39 is 0 Å². The lowest BCUT2D eigenvalue weighted by Gasteiger charge is -2.46. The fraction of sp³-hybridized carbons (Fsp3) is 1.00. The lowest BCUT2D eigenvalue weighted by molar-refractivity contribution is 0.0123. The van der Waals surface area contributed by atoms with Crippen molar-refractivity contribution in [1.82, 2.24) is 10.2 Å². The average molecular weight is 254 g/mol. The molecule has 3 nitrogen and oxygen atoms in total. The van der Waals surface area contributed by atoms with Gasteiger partial charge in [0, 0.05) is 25.7 Å². The van der Waals surface area contributed by atoms with Gasteiger partial charge in [0.05, 0.1) is 13.2 Å². The number of rotatable bonds is 4. The third kappa shape index (κ3) is 3.46. The van der Waals surface area contributed by atoms with Crippen molar-refractivity contribution in [1.29, 1.82) is 0 Å². The van der Waals surface area contributed by atoms with Crippen molar-refractivity contribution in [3.63, 3.8) is 0 Å². The average Bonchev–Trinajstić information content (AvgIpc) is 2.35. The Kier molecular flexibility index (Phi) is 5.05. The summed E-state index contributed by atoms with van der Waals surface area (Å²) in [6.45, 7) is 13.5. The van der Waals surface area contributed by atoms with Gasteiger partial charge in [-0.25, -0.2) is 0 Å². The molecular formula is C15H30N2O. The molecule has 1 saturated carbocycles. The molecule has 106 valence electrons. The first-order valence-electron chi connectivity index (χ1n) is 7.67. The second-order valence-corrected chi connectivity index (χ2v) is 6.59. The molecule has 3 heteroatoms. The van der Waals surface area contributed by atoms with Crippen LogP contribution in [-0.4, -0.2) is 50.3 Å². The van der Waals surface area contributed by atoms with E-state index in [-0.39, 0.29) is 0 Å². The Bertz CT molecular complexity index is 249. The zero-order valence-corrected chi connectivity index (χ0v) is 12.4. The molecule has 2 atom stereocenters. The molecule has 1 aliphatic heterocycles. The minimum Gasteiger partial charge on any atom is -0.379 e. The van der Waals surface area contributed by atoms with Crippen LogP contribution in [0.15, 0.2) is 0 Å². The van der Waals surface area contributed by atoms with E-state index in [4.69, 9.17) is 4.74 Å². The predicted octanol–water partition coefficient (Wildman–Crippen LogP) is 2.12. The highest BCUT2D eigenvalue weighted by Crippen LogP contribution is 2.39. The van der Waals surface area contributed by atoms with Gasteiger partial charge in [-0.1, -0.05) is 27.2 Å². The number of nitrogens with one attached hydrogen (secondary N) is 1. The van der Waals surface area contributed by atoms with Crippen LogP contribution in [0.2, 0.25) is 0 Å². The molecule has 2 unspecified atom stereocenters. The molecule has 18 heavy (non-hydrogen) atoms. The first-order valence-corrected chi connectivity index (χ1v) is 7.67. The molecule has 1 N–H and O–H groups in total. The summed E-state index contributed by atoms with van der Waals surface area (Å²) in [5.74, 6) is 0.812. The van der Waals surface area contributed by atoms with Gasteiger partial charge in [-0.2, -0.15) is 0 Å². The van der Waals surface area contributed by atoms with Crippen LogP contribution >= 0.6 is 0 Å². The summed E-state index contributed by atoms with van der Waals surface area (Å²) >= 11 is 0. The maximum atomic E-state index is 5.45. The van der Waals surface area contributed by atoms with Crippen molar-refractivity contribution in [3.8, 4) is 0 Å². The SMILES string of the molecule is CCNC1C(CN2CCOCC2)CCCC1(C)C. The third-order valence-electron chi connectivity index (χ3n) is 4.73. The second kappa shape index (κ2) is 6.36. The van der Waals surface area contributed by atoms with Crippen LogP contribution in [0.25, 0.3) is 0 Å². The van der Waals surface area contributed by atoms with E-state index in [0.717, 1.165) is 38.8 Å². The van der Waals surface area contributed by atoms with Gasteiger partial charge in [0.15, 0.2) is 0 Å². The second-order valence-electron chi connectivity index (χ2n) is 6.59. The molecule has 0 aromatic rings. The van der Waals surface area contributed by atoms with Gasteiger partial charge in [0.1, 0.15) is 0 Å². The van der Waals surface area contributed by atoms with E-state index in [0.29, 0.717) is 11.5 Å². The largest absolute Gasteiger partial charge is 0.379 e. The lowest BCUT2D eigenvalue weighted by atomic mass is 9.67. The molecule has 1 aliphatic carbocycles. The smallest absolute Gasteiger partial charge is 0.0594 e. The highest BCUT2D eigenvalue weighted by molar-refractivity contribution is 4.94. The van der Waals surface area contributed by atoms with Crippen LogP contribution in [0.3, 0.4) is 0 Å². The Morgan fingerprint density at radius 2 is 2.00 bits per heavy atom.